The topological polar surface area (TPSA) is 60.3 Å². The lowest BCUT2D eigenvalue weighted by atomic mass is 10.2. The average Bonchev–Trinajstić information content (AvgIpc) is 2.53. The maximum absolute atomic E-state index is 8.67. The van der Waals surface area contributed by atoms with Crippen LogP contribution in [-0.4, -0.2) is 31.7 Å². The zero-order valence-corrected chi connectivity index (χ0v) is 12.7. The van der Waals surface area contributed by atoms with E-state index < -0.39 is 0 Å². The monoisotopic (exact) mass is 301 g/mol. The van der Waals surface area contributed by atoms with Gasteiger partial charge in [-0.15, -0.1) is 0 Å². The van der Waals surface area contributed by atoms with E-state index in [-0.39, 0.29) is 0 Å². The molecule has 0 aliphatic carbocycles. The molecule has 0 fully saturated rings. The van der Waals surface area contributed by atoms with Crippen LogP contribution in [0.15, 0.2) is 47.6 Å². The number of nitrogens with zero attached hydrogens (tertiary/aromatic N) is 1. The largest absolute Gasteiger partial charge is 0.497 e. The SMILES string of the molecule is COc1ccc(/C=N/O)c(OCCOc2cccc(C)c2)c1. The molecule has 5 heteroatoms. The van der Waals surface area contributed by atoms with Gasteiger partial charge in [0.15, 0.2) is 0 Å². The van der Waals surface area contributed by atoms with Crippen LogP contribution in [0, 0.1) is 6.92 Å². The van der Waals surface area contributed by atoms with Gasteiger partial charge >= 0.3 is 0 Å². The molecule has 0 aliphatic heterocycles. The maximum Gasteiger partial charge on any atom is 0.132 e. The van der Waals surface area contributed by atoms with Crippen LogP contribution in [0.1, 0.15) is 11.1 Å². The lowest BCUT2D eigenvalue weighted by Gasteiger charge is -2.11. The number of methoxy groups -OCH3 is 1. The van der Waals surface area contributed by atoms with Gasteiger partial charge in [0.05, 0.1) is 13.3 Å². The standard InChI is InChI=1S/C17H19NO4/c1-13-4-3-5-16(10-13)21-8-9-22-17-11-15(20-2)7-6-14(17)12-18-19/h3-7,10-12,19H,8-9H2,1-2H3/b18-12+. The third-order valence-corrected chi connectivity index (χ3v) is 3.02. The number of aryl methyl sites for hydroxylation is 1. The number of hydrogen-bond acceptors (Lipinski definition) is 5. The van der Waals surface area contributed by atoms with Gasteiger partial charge < -0.3 is 19.4 Å². The zero-order valence-electron chi connectivity index (χ0n) is 12.7. The van der Waals surface area contributed by atoms with Crippen molar-refractivity contribution in [1.29, 1.82) is 0 Å². The van der Waals surface area contributed by atoms with Crippen LogP contribution in [0.2, 0.25) is 0 Å². The molecule has 0 aromatic heterocycles. The van der Waals surface area contributed by atoms with Crippen LogP contribution in [0.4, 0.5) is 0 Å². The molecule has 0 atom stereocenters. The minimum atomic E-state index is 0.368. The van der Waals surface area contributed by atoms with Crippen molar-refractivity contribution in [2.75, 3.05) is 20.3 Å². The van der Waals surface area contributed by atoms with E-state index in [1.54, 1.807) is 25.3 Å². The van der Waals surface area contributed by atoms with Crippen molar-refractivity contribution in [3.63, 3.8) is 0 Å². The molecule has 0 radical (unpaired) electrons. The second kappa shape index (κ2) is 7.93. The van der Waals surface area contributed by atoms with Crippen molar-refractivity contribution in [2.24, 2.45) is 5.16 Å². The highest BCUT2D eigenvalue weighted by atomic mass is 16.5. The van der Waals surface area contributed by atoms with Gasteiger partial charge in [-0.3, -0.25) is 0 Å². The van der Waals surface area contributed by atoms with Gasteiger partial charge in [-0.2, -0.15) is 0 Å². The Morgan fingerprint density at radius 2 is 1.86 bits per heavy atom. The molecule has 0 saturated carbocycles. The molecule has 22 heavy (non-hydrogen) atoms. The first-order valence-electron chi connectivity index (χ1n) is 6.90. The summed E-state index contributed by atoms with van der Waals surface area (Å²) in [7, 11) is 1.58. The summed E-state index contributed by atoms with van der Waals surface area (Å²) in [5.41, 5.74) is 1.81. The number of oxime groups is 1. The van der Waals surface area contributed by atoms with Crippen molar-refractivity contribution < 1.29 is 19.4 Å². The van der Waals surface area contributed by atoms with Crippen LogP contribution < -0.4 is 14.2 Å². The Morgan fingerprint density at radius 1 is 1.05 bits per heavy atom. The normalized spacial score (nSPS) is 10.6. The molecule has 0 spiro atoms. The maximum atomic E-state index is 8.67. The van der Waals surface area contributed by atoms with E-state index in [1.165, 1.54) is 6.21 Å². The second-order valence-corrected chi connectivity index (χ2v) is 4.66. The average molecular weight is 301 g/mol. The van der Waals surface area contributed by atoms with E-state index >= 15 is 0 Å². The Morgan fingerprint density at radius 3 is 2.59 bits per heavy atom. The van der Waals surface area contributed by atoms with E-state index in [9.17, 15) is 0 Å². The third kappa shape index (κ3) is 4.41. The molecule has 2 aromatic rings. The first-order chi connectivity index (χ1) is 10.7. The molecular weight excluding hydrogens is 282 g/mol. The number of rotatable bonds is 7. The van der Waals surface area contributed by atoms with Crippen LogP contribution >= 0.6 is 0 Å². The number of benzene rings is 2. The van der Waals surface area contributed by atoms with Gasteiger partial charge in [-0.05, 0) is 36.8 Å². The second-order valence-electron chi connectivity index (χ2n) is 4.66. The van der Waals surface area contributed by atoms with Gasteiger partial charge in [0, 0.05) is 11.6 Å². The summed E-state index contributed by atoms with van der Waals surface area (Å²) in [6, 6.07) is 13.1. The molecule has 5 nitrogen and oxygen atoms in total. The molecule has 0 aliphatic rings. The minimum absolute atomic E-state index is 0.368. The molecular formula is C17H19NO4. The predicted octanol–water partition coefficient (Wildman–Crippen LogP) is 3.27. The van der Waals surface area contributed by atoms with Gasteiger partial charge in [0.2, 0.25) is 0 Å². The summed E-state index contributed by atoms with van der Waals surface area (Å²) < 4.78 is 16.5. The molecule has 1 N–H and O–H groups in total. The Balaban J connectivity index is 1.93. The highest BCUT2D eigenvalue weighted by Gasteiger charge is 2.05. The number of ether oxygens (including phenoxy) is 3. The smallest absolute Gasteiger partial charge is 0.132 e. The van der Waals surface area contributed by atoms with Crippen molar-refractivity contribution in [2.45, 2.75) is 6.92 Å². The summed E-state index contributed by atoms with van der Waals surface area (Å²) in [5, 5.41) is 11.7. The summed E-state index contributed by atoms with van der Waals surface area (Å²) in [6.07, 6.45) is 1.32. The molecule has 0 saturated heterocycles. The Bertz CT molecular complexity index is 640. The summed E-state index contributed by atoms with van der Waals surface area (Å²) >= 11 is 0. The molecule has 0 unspecified atom stereocenters. The van der Waals surface area contributed by atoms with Crippen molar-refractivity contribution in [3.05, 3.63) is 53.6 Å². The van der Waals surface area contributed by atoms with Gasteiger partial charge in [-0.1, -0.05) is 17.3 Å². The predicted molar refractivity (Wildman–Crippen MR) is 84.5 cm³/mol. The number of hydrogen-bond donors (Lipinski definition) is 1. The summed E-state index contributed by atoms with van der Waals surface area (Å²) in [5.74, 6) is 2.06. The fourth-order valence-corrected chi connectivity index (χ4v) is 1.95. The van der Waals surface area contributed by atoms with Gasteiger partial charge in [0.1, 0.15) is 30.5 Å². The van der Waals surface area contributed by atoms with E-state index in [1.807, 2.05) is 31.2 Å². The van der Waals surface area contributed by atoms with Crippen LogP contribution in [-0.2, 0) is 0 Å². The van der Waals surface area contributed by atoms with Gasteiger partial charge in [0.25, 0.3) is 0 Å². The van der Waals surface area contributed by atoms with Crippen LogP contribution in [0.5, 0.6) is 17.2 Å². The summed E-state index contributed by atoms with van der Waals surface area (Å²) in [4.78, 5) is 0. The van der Waals surface area contributed by atoms with Crippen LogP contribution in [0.3, 0.4) is 0 Å². The zero-order chi connectivity index (χ0) is 15.8. The van der Waals surface area contributed by atoms with Crippen molar-refractivity contribution in [1.82, 2.24) is 0 Å². The molecule has 0 amide bonds. The van der Waals surface area contributed by atoms with Crippen LogP contribution in [0.25, 0.3) is 0 Å². The highest BCUT2D eigenvalue weighted by molar-refractivity contribution is 5.83. The lowest BCUT2D eigenvalue weighted by molar-refractivity contribution is 0.216. The quantitative estimate of drug-likeness (QED) is 0.369. The van der Waals surface area contributed by atoms with E-state index in [0.717, 1.165) is 11.3 Å². The van der Waals surface area contributed by atoms with E-state index in [4.69, 9.17) is 19.4 Å². The summed E-state index contributed by atoms with van der Waals surface area (Å²) in [6.45, 7) is 2.80. The fraction of sp³-hybridized carbons (Fsp3) is 0.235. The Hall–Kier alpha value is -2.69. The molecule has 0 heterocycles. The molecule has 0 bridgehead atoms. The Kier molecular flexibility index (Phi) is 5.65. The first kappa shape index (κ1) is 15.7. The first-order valence-corrected chi connectivity index (χ1v) is 6.90. The fourth-order valence-electron chi connectivity index (χ4n) is 1.95. The van der Waals surface area contributed by atoms with Gasteiger partial charge in [-0.25, -0.2) is 0 Å². The molecule has 2 aromatic carbocycles. The minimum Gasteiger partial charge on any atom is -0.497 e. The Labute approximate surface area is 129 Å². The van der Waals surface area contributed by atoms with E-state index in [2.05, 4.69) is 5.16 Å². The third-order valence-electron chi connectivity index (χ3n) is 3.02. The van der Waals surface area contributed by atoms with Crippen molar-refractivity contribution >= 4 is 6.21 Å². The lowest BCUT2D eigenvalue weighted by Crippen LogP contribution is -2.10. The van der Waals surface area contributed by atoms with E-state index in [0.29, 0.717) is 30.3 Å². The molecule has 116 valence electrons. The highest BCUT2D eigenvalue weighted by Crippen LogP contribution is 2.23. The van der Waals surface area contributed by atoms with Crippen molar-refractivity contribution in [3.8, 4) is 17.2 Å². The molecule has 2 rings (SSSR count).